The molecule has 7 nitrogen and oxygen atoms in total. The molecule has 1 amide bonds. The van der Waals surface area contributed by atoms with E-state index in [0.717, 1.165) is 27.8 Å². The number of nitrogens with zero attached hydrogens (tertiary/aromatic N) is 2. The van der Waals surface area contributed by atoms with Crippen LogP contribution in [0.2, 0.25) is 0 Å². The lowest BCUT2D eigenvalue weighted by molar-refractivity contribution is -0.0298. The van der Waals surface area contributed by atoms with Gasteiger partial charge < -0.3 is 19.1 Å². The van der Waals surface area contributed by atoms with Crippen LogP contribution in [0.25, 0.3) is 21.9 Å². The molecule has 0 bridgehead atoms. The van der Waals surface area contributed by atoms with Crippen molar-refractivity contribution in [1.82, 2.24) is 15.0 Å². The van der Waals surface area contributed by atoms with Crippen molar-refractivity contribution in [3.63, 3.8) is 0 Å². The number of aryl methyl sites for hydroxylation is 1. The zero-order valence-corrected chi connectivity index (χ0v) is 17.7. The summed E-state index contributed by atoms with van der Waals surface area (Å²) in [5.41, 5.74) is 4.09. The molecule has 0 aliphatic carbocycles. The van der Waals surface area contributed by atoms with E-state index in [1.807, 2.05) is 49.4 Å². The number of amides is 1. The number of rotatable bonds is 6. The zero-order valence-electron chi connectivity index (χ0n) is 17.7. The number of carbonyl (C=O) groups excluding carboxylic acids is 1. The maximum atomic E-state index is 13.1. The van der Waals surface area contributed by atoms with Gasteiger partial charge in [-0.2, -0.15) is 0 Å². The molecule has 0 spiro atoms. The van der Waals surface area contributed by atoms with Crippen molar-refractivity contribution in [2.24, 2.45) is 5.92 Å². The van der Waals surface area contributed by atoms with Gasteiger partial charge in [0.25, 0.3) is 11.5 Å². The van der Waals surface area contributed by atoms with Crippen LogP contribution in [0.4, 0.5) is 0 Å². The average molecular weight is 429 g/mol. The molecule has 162 valence electrons. The number of ether oxygens (including phenoxy) is 1. The smallest absolute Gasteiger partial charge is 0.258 e. The third kappa shape index (κ3) is 3.94. The second kappa shape index (κ2) is 8.43. The van der Waals surface area contributed by atoms with Crippen molar-refractivity contribution in [3.8, 4) is 11.1 Å². The minimum Gasteiger partial charge on any atom is -0.381 e. The van der Waals surface area contributed by atoms with E-state index >= 15 is 0 Å². The van der Waals surface area contributed by atoms with Gasteiger partial charge in [0.1, 0.15) is 6.26 Å². The molecule has 1 aliphatic heterocycles. The highest BCUT2D eigenvalue weighted by atomic mass is 16.5. The molecule has 0 atom stereocenters. The van der Waals surface area contributed by atoms with Crippen molar-refractivity contribution >= 4 is 16.7 Å². The number of hydrogen-bond donors (Lipinski definition) is 1. The lowest BCUT2D eigenvalue weighted by Gasteiger charge is -2.25. The Balaban J connectivity index is 1.37. The second-order valence-electron chi connectivity index (χ2n) is 8.18. The second-order valence-corrected chi connectivity index (χ2v) is 8.18. The third-order valence-corrected chi connectivity index (χ3v) is 5.84. The van der Waals surface area contributed by atoms with Crippen LogP contribution >= 0.6 is 0 Å². The first kappa shape index (κ1) is 20.2. The van der Waals surface area contributed by atoms with E-state index < -0.39 is 0 Å². The monoisotopic (exact) mass is 429 g/mol. The maximum absolute atomic E-state index is 13.1. The summed E-state index contributed by atoms with van der Waals surface area (Å²) in [6.07, 6.45) is 3.40. The van der Waals surface area contributed by atoms with E-state index in [0.29, 0.717) is 43.2 Å². The van der Waals surface area contributed by atoms with Gasteiger partial charge in [-0.3, -0.25) is 9.59 Å². The first-order valence-electron chi connectivity index (χ1n) is 10.6. The van der Waals surface area contributed by atoms with Gasteiger partial charge in [-0.1, -0.05) is 23.4 Å². The normalized spacial score (nSPS) is 13.8. The summed E-state index contributed by atoms with van der Waals surface area (Å²) in [7, 11) is 0. The highest BCUT2D eigenvalue weighted by molar-refractivity contribution is 5.94. The van der Waals surface area contributed by atoms with Crippen LogP contribution in [-0.4, -0.2) is 35.4 Å². The lowest BCUT2D eigenvalue weighted by atomic mass is 10.0. The van der Waals surface area contributed by atoms with Crippen LogP contribution in [0.5, 0.6) is 0 Å². The molecule has 0 radical (unpaired) electrons. The minimum absolute atomic E-state index is 0.0732. The molecule has 0 unspecified atom stereocenters. The van der Waals surface area contributed by atoms with Gasteiger partial charge in [-0.05, 0) is 53.8 Å². The highest BCUT2D eigenvalue weighted by Crippen LogP contribution is 2.25. The van der Waals surface area contributed by atoms with E-state index in [2.05, 4.69) is 10.5 Å². The van der Waals surface area contributed by atoms with E-state index in [9.17, 15) is 9.59 Å². The van der Waals surface area contributed by atoms with Gasteiger partial charge in [-0.25, -0.2) is 0 Å². The third-order valence-electron chi connectivity index (χ3n) is 5.84. The number of pyridine rings is 1. The minimum atomic E-state index is -0.110. The van der Waals surface area contributed by atoms with Gasteiger partial charge in [0.05, 0.1) is 25.5 Å². The molecule has 2 aromatic carbocycles. The fraction of sp³-hybridized carbons (Fsp3) is 0.240. The average Bonchev–Trinajstić information content (AvgIpc) is 3.20. The molecular weight excluding hydrogens is 406 g/mol. The van der Waals surface area contributed by atoms with Crippen molar-refractivity contribution in [3.05, 3.63) is 88.2 Å². The van der Waals surface area contributed by atoms with Gasteiger partial charge in [0.15, 0.2) is 0 Å². The Hall–Kier alpha value is -3.71. The Labute approximate surface area is 184 Å². The number of carbonyl (C=O) groups is 1. The van der Waals surface area contributed by atoms with Crippen LogP contribution in [0.1, 0.15) is 21.6 Å². The van der Waals surface area contributed by atoms with Crippen LogP contribution in [0, 0.1) is 12.8 Å². The SMILES string of the molecule is Cc1nocc1-c1ccc2c(=O)n(Cc3cccc(C(=O)NCC4COC4)c3)ccc2c1. The van der Waals surface area contributed by atoms with Gasteiger partial charge in [-0.15, -0.1) is 0 Å². The van der Waals surface area contributed by atoms with E-state index in [1.54, 1.807) is 23.1 Å². The molecule has 1 N–H and O–H groups in total. The fourth-order valence-corrected chi connectivity index (χ4v) is 3.90. The molecule has 1 aliphatic rings. The molecule has 5 rings (SSSR count). The van der Waals surface area contributed by atoms with Crippen molar-refractivity contribution in [2.45, 2.75) is 13.5 Å². The summed E-state index contributed by atoms with van der Waals surface area (Å²) in [6.45, 7) is 4.29. The zero-order chi connectivity index (χ0) is 22.1. The van der Waals surface area contributed by atoms with Crippen molar-refractivity contribution in [1.29, 1.82) is 0 Å². The molecule has 32 heavy (non-hydrogen) atoms. The van der Waals surface area contributed by atoms with E-state index in [-0.39, 0.29) is 11.5 Å². The number of benzene rings is 2. The Bertz CT molecular complexity index is 1350. The largest absolute Gasteiger partial charge is 0.381 e. The van der Waals surface area contributed by atoms with Gasteiger partial charge in [0.2, 0.25) is 0 Å². The Morgan fingerprint density at radius 1 is 1.19 bits per heavy atom. The molecule has 7 heteroatoms. The van der Waals surface area contributed by atoms with Crippen LogP contribution < -0.4 is 10.9 Å². The summed E-state index contributed by atoms with van der Waals surface area (Å²) in [6, 6.07) is 15.0. The van der Waals surface area contributed by atoms with Crippen LogP contribution in [-0.2, 0) is 11.3 Å². The standard InChI is InChI=1S/C25H23N3O4/c1-16-23(15-32-27-16)19-5-6-22-20(10-19)7-8-28(25(22)30)12-17-3-2-4-21(9-17)24(29)26-11-18-13-31-14-18/h2-10,15,18H,11-14H2,1H3,(H,26,29). The summed E-state index contributed by atoms with van der Waals surface area (Å²) in [5.74, 6) is 0.286. The maximum Gasteiger partial charge on any atom is 0.258 e. The van der Waals surface area contributed by atoms with Crippen LogP contribution in [0.15, 0.2) is 70.3 Å². The Morgan fingerprint density at radius 2 is 2.06 bits per heavy atom. The molecule has 0 saturated carbocycles. The van der Waals surface area contributed by atoms with E-state index in [1.165, 1.54) is 0 Å². The number of nitrogens with one attached hydrogen (secondary N) is 1. The lowest BCUT2D eigenvalue weighted by Crippen LogP contribution is -2.39. The topological polar surface area (TPSA) is 86.4 Å². The van der Waals surface area contributed by atoms with Gasteiger partial charge in [0, 0.05) is 35.2 Å². The first-order valence-corrected chi connectivity index (χ1v) is 10.6. The number of aromatic nitrogens is 2. The predicted octanol–water partition coefficient (Wildman–Crippen LogP) is 3.39. The quantitative estimate of drug-likeness (QED) is 0.508. The van der Waals surface area contributed by atoms with Crippen molar-refractivity contribution < 1.29 is 14.1 Å². The van der Waals surface area contributed by atoms with Crippen molar-refractivity contribution in [2.75, 3.05) is 19.8 Å². The number of fused-ring (bicyclic) bond motifs is 1. The fourth-order valence-electron chi connectivity index (χ4n) is 3.90. The molecular formula is C25H23N3O4. The molecule has 1 saturated heterocycles. The Kier molecular flexibility index (Phi) is 5.33. The summed E-state index contributed by atoms with van der Waals surface area (Å²) in [5, 5.41) is 8.37. The number of hydrogen-bond acceptors (Lipinski definition) is 5. The molecule has 3 heterocycles. The predicted molar refractivity (Wildman–Crippen MR) is 121 cm³/mol. The molecule has 4 aromatic rings. The first-order chi connectivity index (χ1) is 15.6. The summed E-state index contributed by atoms with van der Waals surface area (Å²) in [4.78, 5) is 25.5. The van der Waals surface area contributed by atoms with Gasteiger partial charge >= 0.3 is 0 Å². The molecule has 1 fully saturated rings. The summed E-state index contributed by atoms with van der Waals surface area (Å²) >= 11 is 0. The Morgan fingerprint density at radius 3 is 2.81 bits per heavy atom. The van der Waals surface area contributed by atoms with Crippen LogP contribution in [0.3, 0.4) is 0 Å². The summed E-state index contributed by atoms with van der Waals surface area (Å²) < 4.78 is 11.8. The molecule has 2 aromatic heterocycles. The highest BCUT2D eigenvalue weighted by Gasteiger charge is 2.19. The van der Waals surface area contributed by atoms with E-state index in [4.69, 9.17) is 9.26 Å².